The van der Waals surface area contributed by atoms with E-state index in [1.165, 1.54) is 0 Å². The van der Waals surface area contributed by atoms with E-state index in [-0.39, 0.29) is 24.8 Å². The lowest BCUT2D eigenvalue weighted by Crippen LogP contribution is -2.03. The SMILES string of the molecule is Cl.Cl.NC(O)=S. The van der Waals surface area contributed by atoms with E-state index < -0.39 is 5.17 Å². The second-order valence-corrected chi connectivity index (χ2v) is 0.757. The van der Waals surface area contributed by atoms with Crippen LogP contribution in [0, 0.1) is 0 Å². The maximum absolute atomic E-state index is 7.56. The summed E-state index contributed by atoms with van der Waals surface area (Å²) >= 11 is 3.87. The van der Waals surface area contributed by atoms with Crippen molar-refractivity contribution in [2.75, 3.05) is 0 Å². The zero-order valence-corrected chi connectivity index (χ0v) is 5.20. The molecule has 0 radical (unpaired) electrons. The minimum atomic E-state index is -0.500. The van der Waals surface area contributed by atoms with E-state index >= 15 is 0 Å². The monoisotopic (exact) mass is 149 g/mol. The third-order valence-electron chi connectivity index (χ3n) is 0. The van der Waals surface area contributed by atoms with Crippen LogP contribution in [0.5, 0.6) is 0 Å². The fourth-order valence-electron chi connectivity index (χ4n) is 0. The molecule has 2 nitrogen and oxygen atoms in total. The molecule has 40 valence electrons. The summed E-state index contributed by atoms with van der Waals surface area (Å²) in [6.07, 6.45) is 0. The highest BCUT2D eigenvalue weighted by molar-refractivity contribution is 7.79. The average Bonchev–Trinajstić information content (AvgIpc) is 0.811. The van der Waals surface area contributed by atoms with Crippen LogP contribution in [0.2, 0.25) is 0 Å². The Hall–Kier alpha value is 0.270. The molecule has 0 aromatic carbocycles. The van der Waals surface area contributed by atoms with Gasteiger partial charge in [-0.15, -0.1) is 24.8 Å². The zero-order valence-electron chi connectivity index (χ0n) is 2.75. The van der Waals surface area contributed by atoms with Crippen LogP contribution in [0.3, 0.4) is 0 Å². The summed E-state index contributed by atoms with van der Waals surface area (Å²) in [5, 5.41) is 7.06. The Kier molecular flexibility index (Phi) is 24.4. The molecule has 0 aliphatic carbocycles. The average molecular weight is 150 g/mol. The standard InChI is InChI=1S/CH3NOS.2ClH/c2-1(3)4;;/h(H3,2,3,4);2*1H. The number of hydrogen-bond acceptors (Lipinski definition) is 1. The number of halogens is 2. The Morgan fingerprint density at radius 3 is 1.50 bits per heavy atom. The van der Waals surface area contributed by atoms with Crippen molar-refractivity contribution in [2.45, 2.75) is 0 Å². The molecule has 0 saturated carbocycles. The molecule has 0 rings (SSSR count). The number of nitrogens with two attached hydrogens (primary N) is 1. The fraction of sp³-hybridized carbons (Fsp3) is 0. The molecule has 3 N–H and O–H groups in total. The molecule has 0 aliphatic heterocycles. The van der Waals surface area contributed by atoms with E-state index in [4.69, 9.17) is 5.11 Å². The third-order valence-corrected chi connectivity index (χ3v) is 0. The second kappa shape index (κ2) is 8.99. The molecule has 0 bridgehead atoms. The summed E-state index contributed by atoms with van der Waals surface area (Å²) in [6, 6.07) is 0. The van der Waals surface area contributed by atoms with Gasteiger partial charge < -0.3 is 10.8 Å². The summed E-state index contributed by atoms with van der Waals surface area (Å²) in [5.41, 5.74) is 4.40. The lowest BCUT2D eigenvalue weighted by molar-refractivity contribution is 0.560. The highest BCUT2D eigenvalue weighted by Gasteiger charge is 1.57. The number of aliphatic hydroxyl groups excluding tert-OH is 1. The number of aliphatic hydroxyl groups is 1. The summed E-state index contributed by atoms with van der Waals surface area (Å²) in [4.78, 5) is 0. The van der Waals surface area contributed by atoms with Crippen LogP contribution in [-0.2, 0) is 0 Å². The highest BCUT2D eigenvalue weighted by atomic mass is 35.5. The van der Waals surface area contributed by atoms with Crippen LogP contribution in [0.4, 0.5) is 0 Å². The minimum Gasteiger partial charge on any atom is -0.487 e. The molecule has 0 atom stereocenters. The lowest BCUT2D eigenvalue weighted by atomic mass is 11.4. The predicted octanol–water partition coefficient (Wildman–Crippen LogP) is 0.632. The first kappa shape index (κ1) is 16.3. The van der Waals surface area contributed by atoms with Gasteiger partial charge in [-0.1, -0.05) is 0 Å². The molecule has 6 heavy (non-hydrogen) atoms. The van der Waals surface area contributed by atoms with Crippen LogP contribution < -0.4 is 5.73 Å². The van der Waals surface area contributed by atoms with Crippen molar-refractivity contribution in [3.63, 3.8) is 0 Å². The van der Waals surface area contributed by atoms with E-state index in [2.05, 4.69) is 18.0 Å². The van der Waals surface area contributed by atoms with Crippen molar-refractivity contribution in [1.29, 1.82) is 0 Å². The molecule has 0 aromatic rings. The molecule has 0 unspecified atom stereocenters. The van der Waals surface area contributed by atoms with Gasteiger partial charge in [0.05, 0.1) is 0 Å². The number of hydrogen-bond donors (Lipinski definition) is 2. The molecule has 0 saturated heterocycles. The zero-order chi connectivity index (χ0) is 3.58. The Labute approximate surface area is 53.5 Å². The van der Waals surface area contributed by atoms with Gasteiger partial charge in [-0.25, -0.2) is 0 Å². The maximum atomic E-state index is 7.56. The van der Waals surface area contributed by atoms with Crippen LogP contribution in [0.1, 0.15) is 0 Å². The first-order chi connectivity index (χ1) is 1.73. The van der Waals surface area contributed by atoms with Crippen molar-refractivity contribution in [2.24, 2.45) is 5.73 Å². The minimum absolute atomic E-state index is 0. The summed E-state index contributed by atoms with van der Waals surface area (Å²) in [5.74, 6) is 0. The number of thiocarbonyl (C=S) groups is 1. The van der Waals surface area contributed by atoms with Gasteiger partial charge >= 0.3 is 0 Å². The Bertz CT molecular complexity index is 36.5. The molecule has 0 amide bonds. The summed E-state index contributed by atoms with van der Waals surface area (Å²) in [6.45, 7) is 0. The van der Waals surface area contributed by atoms with Gasteiger partial charge in [-0.3, -0.25) is 0 Å². The van der Waals surface area contributed by atoms with Gasteiger partial charge in [0.2, 0.25) is 0 Å². The van der Waals surface area contributed by atoms with Crippen LogP contribution in [0.15, 0.2) is 0 Å². The van der Waals surface area contributed by atoms with Gasteiger partial charge in [0.1, 0.15) is 0 Å². The van der Waals surface area contributed by atoms with E-state index in [9.17, 15) is 0 Å². The fourth-order valence-corrected chi connectivity index (χ4v) is 0. The van der Waals surface area contributed by atoms with E-state index in [0.717, 1.165) is 0 Å². The second-order valence-electron chi connectivity index (χ2n) is 0.338. The normalized spacial score (nSPS) is 4.00. The molecular formula is CH5Cl2NOS. The third kappa shape index (κ3) is 626. The smallest absolute Gasteiger partial charge is 0.251 e. The van der Waals surface area contributed by atoms with Crippen molar-refractivity contribution in [3.05, 3.63) is 0 Å². The molecule has 0 aromatic heterocycles. The summed E-state index contributed by atoms with van der Waals surface area (Å²) < 4.78 is 0. The molecule has 0 heterocycles. The number of rotatable bonds is 0. The molecule has 0 fully saturated rings. The first-order valence-corrected chi connectivity index (χ1v) is 1.12. The van der Waals surface area contributed by atoms with Crippen LogP contribution in [0.25, 0.3) is 0 Å². The van der Waals surface area contributed by atoms with E-state index in [1.807, 2.05) is 0 Å². The predicted molar refractivity (Wildman–Crippen MR) is 33.9 cm³/mol. The van der Waals surface area contributed by atoms with Crippen molar-refractivity contribution >= 4 is 42.2 Å². The maximum Gasteiger partial charge on any atom is 0.251 e. The van der Waals surface area contributed by atoms with Crippen molar-refractivity contribution < 1.29 is 5.11 Å². The first-order valence-electron chi connectivity index (χ1n) is 0.716. The van der Waals surface area contributed by atoms with Gasteiger partial charge in [0.25, 0.3) is 5.17 Å². The van der Waals surface area contributed by atoms with Gasteiger partial charge in [0, 0.05) is 0 Å². The largest absolute Gasteiger partial charge is 0.487 e. The summed E-state index contributed by atoms with van der Waals surface area (Å²) in [7, 11) is 0. The quantitative estimate of drug-likeness (QED) is 0.498. The van der Waals surface area contributed by atoms with Gasteiger partial charge in [-0.2, -0.15) is 0 Å². The lowest BCUT2D eigenvalue weighted by Gasteiger charge is -1.67. The Morgan fingerprint density at radius 2 is 1.50 bits per heavy atom. The van der Waals surface area contributed by atoms with E-state index in [1.54, 1.807) is 0 Å². The molecule has 5 heteroatoms. The highest BCUT2D eigenvalue weighted by Crippen LogP contribution is 1.40. The Balaban J connectivity index is -0.0000000450. The van der Waals surface area contributed by atoms with E-state index in [0.29, 0.717) is 0 Å². The van der Waals surface area contributed by atoms with Crippen LogP contribution in [-0.4, -0.2) is 10.3 Å². The Morgan fingerprint density at radius 1 is 1.50 bits per heavy atom. The van der Waals surface area contributed by atoms with Gasteiger partial charge in [0.15, 0.2) is 0 Å². The molecule has 0 spiro atoms. The topological polar surface area (TPSA) is 46.2 Å². The van der Waals surface area contributed by atoms with Crippen molar-refractivity contribution in [1.82, 2.24) is 0 Å². The molecular weight excluding hydrogens is 145 g/mol. The molecule has 0 aliphatic rings. The van der Waals surface area contributed by atoms with Crippen molar-refractivity contribution in [3.8, 4) is 0 Å². The van der Waals surface area contributed by atoms with Crippen LogP contribution >= 0.6 is 37.0 Å². The van der Waals surface area contributed by atoms with Gasteiger partial charge in [-0.05, 0) is 12.2 Å².